The number of halogens is 1. The van der Waals surface area contributed by atoms with Crippen molar-refractivity contribution in [2.24, 2.45) is 0 Å². The first-order valence-corrected chi connectivity index (χ1v) is 17.6. The van der Waals surface area contributed by atoms with Gasteiger partial charge in [0.05, 0.1) is 12.0 Å². The summed E-state index contributed by atoms with van der Waals surface area (Å²) in [6, 6.07) is 30.3. The molecule has 1 heterocycles. The van der Waals surface area contributed by atoms with Crippen molar-refractivity contribution in [1.82, 2.24) is 14.5 Å². The summed E-state index contributed by atoms with van der Waals surface area (Å²) in [4.78, 5) is 30.0. The maximum absolute atomic E-state index is 14.1. The van der Waals surface area contributed by atoms with Crippen LogP contribution in [0.15, 0.2) is 108 Å². The Morgan fingerprint density at radius 3 is 2.17 bits per heavy atom. The third-order valence-corrected chi connectivity index (χ3v) is 10.6. The number of rotatable bonds is 14. The molecular weight excluding hydrogens is 634 g/mol. The minimum atomic E-state index is -3.52. The molecule has 0 aromatic heterocycles. The third kappa shape index (κ3) is 9.00. The first-order valence-electron chi connectivity index (χ1n) is 15.8. The average molecular weight is 674 g/mol. The lowest BCUT2D eigenvalue weighted by atomic mass is 10.0. The molecule has 1 N–H and O–H groups in total. The molecule has 0 saturated carbocycles. The zero-order valence-corrected chi connectivity index (χ0v) is 28.1. The molecule has 4 aromatic carbocycles. The molecule has 246 valence electrons. The van der Waals surface area contributed by atoms with E-state index >= 15 is 0 Å². The average Bonchev–Trinajstić information content (AvgIpc) is 3.66. The van der Waals surface area contributed by atoms with Crippen molar-refractivity contribution in [2.45, 2.75) is 56.1 Å². The molecular formula is C37H40ClN3O5S. The quantitative estimate of drug-likeness (QED) is 0.177. The lowest BCUT2D eigenvalue weighted by Gasteiger charge is -2.32. The second-order valence-corrected chi connectivity index (χ2v) is 14.0. The zero-order valence-electron chi connectivity index (χ0n) is 26.5. The van der Waals surface area contributed by atoms with Crippen LogP contribution in [0.1, 0.15) is 41.5 Å². The highest BCUT2D eigenvalue weighted by Gasteiger charge is 2.31. The summed E-state index contributed by atoms with van der Waals surface area (Å²) < 4.78 is 32.9. The van der Waals surface area contributed by atoms with Gasteiger partial charge in [-0.05, 0) is 66.3 Å². The summed E-state index contributed by atoms with van der Waals surface area (Å²) in [7, 11) is -1.93. The Labute approximate surface area is 282 Å². The fourth-order valence-electron chi connectivity index (χ4n) is 5.79. The van der Waals surface area contributed by atoms with E-state index in [0.717, 1.165) is 35.1 Å². The van der Waals surface area contributed by atoms with Gasteiger partial charge in [0.25, 0.3) is 0 Å². The lowest BCUT2D eigenvalue weighted by molar-refractivity contribution is -0.141. The molecule has 1 atom stereocenters. The Hall–Kier alpha value is -4.18. The number of benzene rings is 4. The summed E-state index contributed by atoms with van der Waals surface area (Å²) in [5.41, 5.74) is 3.43. The summed E-state index contributed by atoms with van der Waals surface area (Å²) in [6.07, 6.45) is 2.59. The highest BCUT2D eigenvalue weighted by molar-refractivity contribution is 7.89. The van der Waals surface area contributed by atoms with Crippen LogP contribution in [-0.2, 0) is 45.5 Å². The monoisotopic (exact) mass is 673 g/mol. The molecule has 8 nitrogen and oxygen atoms in total. The smallest absolute Gasteiger partial charge is 0.243 e. The predicted octanol–water partition coefficient (Wildman–Crippen LogP) is 6.02. The molecule has 0 radical (unpaired) electrons. The molecule has 2 amide bonds. The summed E-state index contributed by atoms with van der Waals surface area (Å²) in [5, 5.41) is 3.63. The first-order chi connectivity index (χ1) is 22.7. The first kappa shape index (κ1) is 34.2. The van der Waals surface area contributed by atoms with Crippen molar-refractivity contribution >= 4 is 33.4 Å². The van der Waals surface area contributed by atoms with Gasteiger partial charge in [0, 0.05) is 49.6 Å². The fourth-order valence-corrected chi connectivity index (χ4v) is 7.43. The summed E-state index contributed by atoms with van der Waals surface area (Å²) in [5.74, 6) is 0.196. The molecule has 5 rings (SSSR count). The van der Waals surface area contributed by atoms with Crippen molar-refractivity contribution < 1.29 is 22.7 Å². The largest absolute Gasteiger partial charge is 0.496 e. The van der Waals surface area contributed by atoms with E-state index < -0.39 is 16.1 Å². The van der Waals surface area contributed by atoms with E-state index in [4.69, 9.17) is 16.3 Å². The van der Waals surface area contributed by atoms with Crippen LogP contribution in [0.25, 0.3) is 0 Å². The van der Waals surface area contributed by atoms with Crippen molar-refractivity contribution in [3.63, 3.8) is 0 Å². The molecule has 0 spiro atoms. The van der Waals surface area contributed by atoms with Gasteiger partial charge in [0.1, 0.15) is 11.8 Å². The van der Waals surface area contributed by atoms with Crippen LogP contribution >= 0.6 is 11.6 Å². The van der Waals surface area contributed by atoms with Gasteiger partial charge in [0.2, 0.25) is 21.8 Å². The number of methoxy groups -OCH3 is 1. The van der Waals surface area contributed by atoms with Gasteiger partial charge in [-0.15, -0.1) is 0 Å². The number of carbonyl (C=O) groups is 2. The Balaban J connectivity index is 1.37. The summed E-state index contributed by atoms with van der Waals surface area (Å²) in [6.45, 7) is 1.53. The summed E-state index contributed by atoms with van der Waals surface area (Å²) >= 11 is 6.15. The SMILES string of the molecule is COc1ccccc1CNC(=O)[C@H](Cc1ccccc1)N(Cc1ccc(Cl)cc1)C(=O)CCc1ccc(S(=O)(=O)N2CCCC2)cc1. The highest BCUT2D eigenvalue weighted by atomic mass is 35.5. The molecule has 1 saturated heterocycles. The standard InChI is InChI=1S/C37H40ClN3O5S/c1-46-35-12-6-5-11-31(35)26-39-37(43)34(25-29-9-3-2-4-10-29)41(27-30-13-18-32(38)19-14-30)36(42)22-17-28-15-20-33(21-16-28)47(44,45)40-23-7-8-24-40/h2-6,9-16,18-21,34H,7-8,17,22-27H2,1H3,(H,39,43)/t34-/m0/s1. The molecule has 10 heteroatoms. The van der Waals surface area contributed by atoms with Gasteiger partial charge in [0.15, 0.2) is 0 Å². The van der Waals surface area contributed by atoms with Crippen LogP contribution in [0.4, 0.5) is 0 Å². The van der Waals surface area contributed by atoms with Crippen LogP contribution in [0.2, 0.25) is 5.02 Å². The van der Waals surface area contributed by atoms with Gasteiger partial charge in [-0.2, -0.15) is 4.31 Å². The van der Waals surface area contributed by atoms with Gasteiger partial charge in [-0.25, -0.2) is 8.42 Å². The van der Waals surface area contributed by atoms with Crippen molar-refractivity contribution in [3.8, 4) is 5.75 Å². The fraction of sp³-hybridized carbons (Fsp3) is 0.297. The second-order valence-electron chi connectivity index (χ2n) is 11.6. The number of nitrogens with zero attached hydrogens (tertiary/aromatic N) is 2. The van der Waals surface area contributed by atoms with Gasteiger partial charge >= 0.3 is 0 Å². The van der Waals surface area contributed by atoms with Crippen molar-refractivity contribution in [2.75, 3.05) is 20.2 Å². The Morgan fingerprint density at radius 2 is 1.49 bits per heavy atom. The maximum Gasteiger partial charge on any atom is 0.243 e. The molecule has 1 aliphatic heterocycles. The minimum absolute atomic E-state index is 0.136. The van der Waals surface area contributed by atoms with E-state index in [1.54, 1.807) is 48.4 Å². The van der Waals surface area contributed by atoms with Crippen LogP contribution in [0, 0.1) is 0 Å². The predicted molar refractivity (Wildman–Crippen MR) is 184 cm³/mol. The van der Waals surface area contributed by atoms with Crippen LogP contribution in [0.5, 0.6) is 5.75 Å². The number of aryl methyl sites for hydroxylation is 1. The highest BCUT2D eigenvalue weighted by Crippen LogP contribution is 2.23. The maximum atomic E-state index is 14.1. The zero-order chi connectivity index (χ0) is 33.2. The molecule has 0 bridgehead atoms. The number of nitrogens with one attached hydrogen (secondary N) is 1. The molecule has 1 aliphatic rings. The van der Waals surface area contributed by atoms with Crippen LogP contribution in [-0.4, -0.2) is 55.7 Å². The number of hydrogen-bond donors (Lipinski definition) is 1. The normalized spacial score (nSPS) is 14.0. The van der Waals surface area contributed by atoms with Crippen LogP contribution in [0.3, 0.4) is 0 Å². The van der Waals surface area contributed by atoms with Gasteiger partial charge in [-0.3, -0.25) is 9.59 Å². The number of para-hydroxylation sites is 1. The molecule has 47 heavy (non-hydrogen) atoms. The molecule has 4 aromatic rings. The third-order valence-electron chi connectivity index (χ3n) is 8.44. The minimum Gasteiger partial charge on any atom is -0.496 e. The Bertz CT molecular complexity index is 1740. The number of amides is 2. The van der Waals surface area contributed by atoms with Gasteiger partial charge in [-0.1, -0.05) is 84.4 Å². The van der Waals surface area contributed by atoms with Gasteiger partial charge < -0.3 is 15.0 Å². The lowest BCUT2D eigenvalue weighted by Crippen LogP contribution is -2.50. The van der Waals surface area contributed by atoms with Crippen molar-refractivity contribution in [1.29, 1.82) is 0 Å². The number of carbonyl (C=O) groups excluding carboxylic acids is 2. The molecule has 1 fully saturated rings. The van der Waals surface area contributed by atoms with E-state index in [9.17, 15) is 18.0 Å². The number of ether oxygens (including phenoxy) is 1. The topological polar surface area (TPSA) is 96.0 Å². The van der Waals surface area contributed by atoms with E-state index in [1.165, 1.54) is 4.31 Å². The van der Waals surface area contributed by atoms with E-state index in [0.29, 0.717) is 36.7 Å². The number of sulfonamides is 1. The van der Waals surface area contributed by atoms with E-state index in [2.05, 4.69) is 5.32 Å². The Morgan fingerprint density at radius 1 is 0.851 bits per heavy atom. The van der Waals surface area contributed by atoms with E-state index in [-0.39, 0.29) is 36.2 Å². The molecule has 0 unspecified atom stereocenters. The number of hydrogen-bond acceptors (Lipinski definition) is 5. The van der Waals surface area contributed by atoms with Crippen LogP contribution < -0.4 is 10.1 Å². The van der Waals surface area contributed by atoms with Crippen molar-refractivity contribution in [3.05, 3.63) is 130 Å². The second kappa shape index (κ2) is 16.1. The Kier molecular flexibility index (Phi) is 11.7. The van der Waals surface area contributed by atoms with E-state index in [1.807, 2.05) is 66.7 Å². The molecule has 0 aliphatic carbocycles.